The highest BCUT2D eigenvalue weighted by Crippen LogP contribution is 2.22. The van der Waals surface area contributed by atoms with Gasteiger partial charge in [-0.25, -0.2) is 4.98 Å². The number of halogens is 2. The van der Waals surface area contributed by atoms with E-state index < -0.39 is 0 Å². The molecule has 15 heavy (non-hydrogen) atoms. The summed E-state index contributed by atoms with van der Waals surface area (Å²) in [5, 5.41) is 1.25. The second-order valence-electron chi connectivity index (χ2n) is 3.26. The van der Waals surface area contributed by atoms with Crippen molar-refractivity contribution in [1.82, 2.24) is 9.97 Å². The first-order valence-electron chi connectivity index (χ1n) is 4.37. The van der Waals surface area contributed by atoms with E-state index in [0.717, 1.165) is 5.56 Å². The molecule has 0 fully saturated rings. The zero-order valence-corrected chi connectivity index (χ0v) is 10.3. The number of aromatic amines is 1. The monoisotopic (exact) mass is 286 g/mol. The molecule has 0 aliphatic rings. The first-order valence-corrected chi connectivity index (χ1v) is 5.87. The number of hydrogen-bond acceptors (Lipinski definition) is 2. The van der Waals surface area contributed by atoms with Crippen LogP contribution in [0.5, 0.6) is 0 Å². The summed E-state index contributed by atoms with van der Waals surface area (Å²) in [4.78, 5) is 18.3. The lowest BCUT2D eigenvalue weighted by Crippen LogP contribution is -2.11. The van der Waals surface area contributed by atoms with E-state index in [1.807, 2.05) is 12.1 Å². The fourth-order valence-electron chi connectivity index (χ4n) is 1.37. The summed E-state index contributed by atoms with van der Waals surface area (Å²) in [6.45, 7) is 1.66. The van der Waals surface area contributed by atoms with Crippen molar-refractivity contribution in [3.63, 3.8) is 0 Å². The van der Waals surface area contributed by atoms with Crippen LogP contribution in [0.1, 0.15) is 11.3 Å². The topological polar surface area (TPSA) is 45.8 Å². The minimum atomic E-state index is -0.176. The molecular weight excluding hydrogens is 279 g/mol. The van der Waals surface area contributed by atoms with E-state index in [2.05, 4.69) is 25.9 Å². The Balaban J connectivity index is 2.86. The van der Waals surface area contributed by atoms with Gasteiger partial charge in [-0.3, -0.25) is 4.79 Å². The van der Waals surface area contributed by atoms with Gasteiger partial charge in [-0.15, -0.1) is 0 Å². The Kier molecular flexibility index (Phi) is 2.80. The molecule has 0 aliphatic carbocycles. The summed E-state index contributed by atoms with van der Waals surface area (Å²) >= 11 is 9.40. The normalized spacial score (nSPS) is 10.9. The average molecular weight is 288 g/mol. The SMILES string of the molecule is Cc1nc2c(Cl)cc(CBr)cc2[nH]c1=O. The molecule has 0 saturated heterocycles. The molecule has 0 saturated carbocycles. The molecule has 1 aromatic heterocycles. The largest absolute Gasteiger partial charge is 0.319 e. The average Bonchev–Trinajstić information content (AvgIpc) is 2.21. The molecule has 78 valence electrons. The Morgan fingerprint density at radius 2 is 2.27 bits per heavy atom. The van der Waals surface area contributed by atoms with Gasteiger partial charge in [-0.2, -0.15) is 0 Å². The molecule has 2 aromatic rings. The minimum absolute atomic E-state index is 0.176. The Morgan fingerprint density at radius 1 is 1.53 bits per heavy atom. The zero-order chi connectivity index (χ0) is 11.0. The van der Waals surface area contributed by atoms with Gasteiger partial charge in [0.25, 0.3) is 5.56 Å². The van der Waals surface area contributed by atoms with Gasteiger partial charge in [0, 0.05) is 5.33 Å². The van der Waals surface area contributed by atoms with Gasteiger partial charge in [-0.05, 0) is 24.6 Å². The van der Waals surface area contributed by atoms with E-state index in [4.69, 9.17) is 11.6 Å². The fraction of sp³-hybridized carbons (Fsp3) is 0.200. The Hall–Kier alpha value is -0.870. The van der Waals surface area contributed by atoms with Crippen molar-refractivity contribution < 1.29 is 0 Å². The van der Waals surface area contributed by atoms with E-state index >= 15 is 0 Å². The number of aryl methyl sites for hydroxylation is 1. The lowest BCUT2D eigenvalue weighted by molar-refractivity contribution is 1.12. The quantitative estimate of drug-likeness (QED) is 0.820. The Bertz CT molecular complexity index is 579. The van der Waals surface area contributed by atoms with Gasteiger partial charge in [0.05, 0.1) is 10.5 Å². The highest BCUT2D eigenvalue weighted by atomic mass is 79.9. The van der Waals surface area contributed by atoms with Gasteiger partial charge in [-0.1, -0.05) is 27.5 Å². The predicted molar refractivity (Wildman–Crippen MR) is 64.7 cm³/mol. The van der Waals surface area contributed by atoms with Crippen LogP contribution in [0.2, 0.25) is 5.02 Å². The van der Waals surface area contributed by atoms with E-state index in [0.29, 0.717) is 27.1 Å². The van der Waals surface area contributed by atoms with Crippen LogP contribution in [0, 0.1) is 6.92 Å². The predicted octanol–water partition coefficient (Wildman–Crippen LogP) is 2.78. The van der Waals surface area contributed by atoms with Gasteiger partial charge < -0.3 is 4.98 Å². The van der Waals surface area contributed by atoms with Crippen molar-refractivity contribution in [3.05, 3.63) is 38.8 Å². The number of nitrogens with zero attached hydrogens (tertiary/aromatic N) is 1. The van der Waals surface area contributed by atoms with Crippen LogP contribution in [0.15, 0.2) is 16.9 Å². The van der Waals surface area contributed by atoms with Crippen LogP contribution < -0.4 is 5.56 Å². The molecule has 1 aromatic carbocycles. The van der Waals surface area contributed by atoms with E-state index in [1.165, 1.54) is 0 Å². The van der Waals surface area contributed by atoms with Gasteiger partial charge in [0.2, 0.25) is 0 Å². The van der Waals surface area contributed by atoms with Crippen LogP contribution in [0.3, 0.4) is 0 Å². The number of rotatable bonds is 1. The molecule has 5 heteroatoms. The smallest absolute Gasteiger partial charge is 0.269 e. The summed E-state index contributed by atoms with van der Waals surface area (Å²) in [7, 11) is 0. The number of aromatic nitrogens is 2. The second-order valence-corrected chi connectivity index (χ2v) is 4.23. The van der Waals surface area contributed by atoms with Gasteiger partial charge >= 0.3 is 0 Å². The number of alkyl halides is 1. The highest BCUT2D eigenvalue weighted by molar-refractivity contribution is 9.08. The number of fused-ring (bicyclic) bond motifs is 1. The first-order chi connectivity index (χ1) is 7.11. The number of H-pyrrole nitrogens is 1. The van der Waals surface area contributed by atoms with Crippen molar-refractivity contribution in [3.8, 4) is 0 Å². The maximum absolute atomic E-state index is 11.4. The Morgan fingerprint density at radius 3 is 2.93 bits per heavy atom. The first kappa shape index (κ1) is 10.6. The summed E-state index contributed by atoms with van der Waals surface area (Å²) in [5.74, 6) is 0. The fourth-order valence-corrected chi connectivity index (χ4v) is 1.98. The number of nitrogens with one attached hydrogen (secondary N) is 1. The molecular formula is C10H8BrClN2O. The van der Waals surface area contributed by atoms with Crippen LogP contribution in [-0.2, 0) is 5.33 Å². The molecule has 0 aliphatic heterocycles. The van der Waals surface area contributed by atoms with Crippen molar-refractivity contribution >= 4 is 38.6 Å². The molecule has 0 amide bonds. The molecule has 1 N–H and O–H groups in total. The Labute approximate surface area is 99.6 Å². The molecule has 0 radical (unpaired) electrons. The van der Waals surface area contributed by atoms with E-state index in [1.54, 1.807) is 6.92 Å². The minimum Gasteiger partial charge on any atom is -0.319 e. The van der Waals surface area contributed by atoms with Gasteiger partial charge in [0.15, 0.2) is 0 Å². The van der Waals surface area contributed by atoms with Gasteiger partial charge in [0.1, 0.15) is 11.2 Å². The number of benzene rings is 1. The van der Waals surface area contributed by atoms with Crippen LogP contribution >= 0.6 is 27.5 Å². The third kappa shape index (κ3) is 1.92. The third-order valence-corrected chi connectivity index (χ3v) is 3.07. The maximum Gasteiger partial charge on any atom is 0.269 e. The van der Waals surface area contributed by atoms with Crippen molar-refractivity contribution in [1.29, 1.82) is 0 Å². The second kappa shape index (κ2) is 3.94. The summed E-state index contributed by atoms with van der Waals surface area (Å²) in [6.07, 6.45) is 0. The van der Waals surface area contributed by atoms with Crippen LogP contribution in [0.25, 0.3) is 11.0 Å². The zero-order valence-electron chi connectivity index (χ0n) is 7.97. The van der Waals surface area contributed by atoms with E-state index in [-0.39, 0.29) is 5.56 Å². The molecule has 1 heterocycles. The van der Waals surface area contributed by atoms with Crippen molar-refractivity contribution in [2.45, 2.75) is 12.3 Å². The van der Waals surface area contributed by atoms with Crippen LogP contribution in [0.4, 0.5) is 0 Å². The molecule has 0 spiro atoms. The van der Waals surface area contributed by atoms with Crippen molar-refractivity contribution in [2.24, 2.45) is 0 Å². The summed E-state index contributed by atoms with van der Waals surface area (Å²) < 4.78 is 0. The lowest BCUT2D eigenvalue weighted by atomic mass is 10.2. The lowest BCUT2D eigenvalue weighted by Gasteiger charge is -2.03. The standard InChI is InChI=1S/C10H8BrClN2O/c1-5-10(15)14-8-3-6(4-11)2-7(12)9(8)13-5/h2-3H,4H2,1H3,(H,14,15). The third-order valence-electron chi connectivity index (χ3n) is 2.13. The van der Waals surface area contributed by atoms with Crippen LogP contribution in [-0.4, -0.2) is 9.97 Å². The van der Waals surface area contributed by atoms with Crippen molar-refractivity contribution in [2.75, 3.05) is 0 Å². The molecule has 3 nitrogen and oxygen atoms in total. The molecule has 2 rings (SSSR count). The molecule has 0 bridgehead atoms. The van der Waals surface area contributed by atoms with E-state index in [9.17, 15) is 4.79 Å². The summed E-state index contributed by atoms with van der Waals surface area (Å²) in [6, 6.07) is 3.70. The maximum atomic E-state index is 11.4. The highest BCUT2D eigenvalue weighted by Gasteiger charge is 2.06. The molecule has 0 unspecified atom stereocenters. The molecule has 0 atom stereocenters. The number of hydrogen-bond donors (Lipinski definition) is 1. The summed E-state index contributed by atoms with van der Waals surface area (Å²) in [5.41, 5.74) is 2.57.